The van der Waals surface area contributed by atoms with Crippen molar-refractivity contribution < 1.29 is 29.3 Å². The molecule has 2 atom stereocenters. The number of hydrogen-bond acceptors (Lipinski definition) is 6. The molecule has 0 radical (unpaired) electrons. The smallest absolute Gasteiger partial charge is 0.237 e. The van der Waals surface area contributed by atoms with Crippen molar-refractivity contribution in [1.82, 2.24) is 0 Å². The number of carbonyl (C=O) groups excluding carboxylic acids is 2. The summed E-state index contributed by atoms with van der Waals surface area (Å²) >= 11 is 0. The molecule has 1 aromatic carbocycles. The molecule has 6 nitrogen and oxygen atoms in total. The van der Waals surface area contributed by atoms with Gasteiger partial charge in [0.2, 0.25) is 11.6 Å². The van der Waals surface area contributed by atoms with E-state index in [1.165, 1.54) is 6.07 Å². The van der Waals surface area contributed by atoms with Gasteiger partial charge in [0.25, 0.3) is 0 Å². The predicted molar refractivity (Wildman–Crippen MR) is 86.0 cm³/mol. The van der Waals surface area contributed by atoms with E-state index in [1.807, 2.05) is 0 Å². The van der Waals surface area contributed by atoms with Crippen LogP contribution in [0.5, 0.6) is 11.5 Å². The molecule has 1 aliphatic carbocycles. The van der Waals surface area contributed by atoms with Crippen LogP contribution in [0.2, 0.25) is 0 Å². The van der Waals surface area contributed by atoms with Crippen LogP contribution in [0, 0.1) is 12.3 Å². The van der Waals surface area contributed by atoms with E-state index in [0.29, 0.717) is 16.9 Å². The van der Waals surface area contributed by atoms with Crippen LogP contribution in [-0.4, -0.2) is 41.1 Å². The Balaban J connectivity index is 2.38. The quantitative estimate of drug-likeness (QED) is 0.822. The Morgan fingerprint density at radius 3 is 2.54 bits per heavy atom. The molecule has 0 bridgehead atoms. The van der Waals surface area contributed by atoms with Gasteiger partial charge in [-0.15, -0.1) is 0 Å². The van der Waals surface area contributed by atoms with Crippen LogP contribution in [0.1, 0.15) is 42.3 Å². The first kappa shape index (κ1) is 16.5. The molecule has 24 heavy (non-hydrogen) atoms. The third kappa shape index (κ3) is 1.92. The van der Waals surface area contributed by atoms with Crippen LogP contribution in [0.4, 0.5) is 0 Å². The molecule has 0 saturated heterocycles. The summed E-state index contributed by atoms with van der Waals surface area (Å²) in [6, 6.07) is 1.49. The molecule has 1 aromatic rings. The minimum Gasteiger partial charge on any atom is -0.504 e. The number of ketones is 2. The van der Waals surface area contributed by atoms with Gasteiger partial charge in [0.05, 0.1) is 29.8 Å². The topological polar surface area (TPSA) is 93.1 Å². The molecule has 2 N–H and O–H groups in total. The number of rotatable bonds is 3. The van der Waals surface area contributed by atoms with Crippen molar-refractivity contribution in [2.75, 3.05) is 13.2 Å². The molecule has 0 unspecified atom stereocenters. The summed E-state index contributed by atoms with van der Waals surface area (Å²) in [5, 5.41) is 19.9. The second-order valence-electron chi connectivity index (χ2n) is 6.42. The molecule has 3 rings (SSSR count). The maximum absolute atomic E-state index is 12.8. The molecule has 6 heteroatoms. The van der Waals surface area contributed by atoms with Crippen LogP contribution < -0.4 is 4.74 Å². The summed E-state index contributed by atoms with van der Waals surface area (Å²) in [5.74, 6) is -1.35. The van der Waals surface area contributed by atoms with Gasteiger partial charge in [-0.05, 0) is 39.3 Å². The maximum atomic E-state index is 12.8. The lowest BCUT2D eigenvalue weighted by Crippen LogP contribution is -2.37. The molecule has 0 amide bonds. The van der Waals surface area contributed by atoms with Crippen LogP contribution in [0.25, 0.3) is 5.76 Å². The molecule has 2 aliphatic rings. The average molecular weight is 332 g/mol. The molecule has 1 aliphatic heterocycles. The second-order valence-corrected chi connectivity index (χ2v) is 6.42. The molecule has 0 spiro atoms. The lowest BCUT2D eigenvalue weighted by atomic mass is 9.72. The van der Waals surface area contributed by atoms with E-state index < -0.39 is 23.1 Å². The highest BCUT2D eigenvalue weighted by molar-refractivity contribution is 6.53. The number of benzene rings is 1. The minimum atomic E-state index is -0.949. The van der Waals surface area contributed by atoms with Crippen LogP contribution in [-0.2, 0) is 9.53 Å². The molecule has 128 valence electrons. The zero-order valence-corrected chi connectivity index (χ0v) is 14.1. The van der Waals surface area contributed by atoms with E-state index in [4.69, 9.17) is 9.47 Å². The summed E-state index contributed by atoms with van der Waals surface area (Å²) in [5.41, 5.74) is 0.350. The molecule has 0 saturated carbocycles. The second kappa shape index (κ2) is 5.34. The van der Waals surface area contributed by atoms with Crippen molar-refractivity contribution in [2.45, 2.75) is 33.8 Å². The summed E-state index contributed by atoms with van der Waals surface area (Å²) in [4.78, 5) is 25.5. The van der Waals surface area contributed by atoms with E-state index in [1.54, 1.807) is 27.7 Å². The van der Waals surface area contributed by atoms with Crippen molar-refractivity contribution in [3.05, 3.63) is 28.3 Å². The highest BCUT2D eigenvalue weighted by atomic mass is 16.5. The molecular formula is C18H20O6. The summed E-state index contributed by atoms with van der Waals surface area (Å²) < 4.78 is 11.3. The first-order valence-corrected chi connectivity index (χ1v) is 7.88. The number of carbonyl (C=O) groups is 2. The predicted octanol–water partition coefficient (Wildman–Crippen LogP) is 1.99. The number of phenolic OH excluding ortho intramolecular Hbond substituents is 1. The Morgan fingerprint density at radius 1 is 1.29 bits per heavy atom. The summed E-state index contributed by atoms with van der Waals surface area (Å²) in [6.07, 6.45) is -0.459. The van der Waals surface area contributed by atoms with E-state index in [9.17, 15) is 19.8 Å². The third-order valence-corrected chi connectivity index (χ3v) is 4.95. The number of ether oxygens (including phenoxy) is 2. The number of aryl methyl sites for hydroxylation is 1. The monoisotopic (exact) mass is 332 g/mol. The van der Waals surface area contributed by atoms with Gasteiger partial charge < -0.3 is 19.7 Å². The first-order valence-electron chi connectivity index (χ1n) is 7.88. The average Bonchev–Trinajstić information content (AvgIpc) is 2.80. The summed E-state index contributed by atoms with van der Waals surface area (Å²) in [7, 11) is 0. The highest BCUT2D eigenvalue weighted by Crippen LogP contribution is 2.52. The van der Waals surface area contributed by atoms with Crippen molar-refractivity contribution in [1.29, 1.82) is 0 Å². The van der Waals surface area contributed by atoms with Crippen molar-refractivity contribution in [3.8, 4) is 11.5 Å². The van der Waals surface area contributed by atoms with E-state index in [0.717, 1.165) is 0 Å². The number of fused-ring (bicyclic) bond motifs is 2. The van der Waals surface area contributed by atoms with Gasteiger partial charge in [-0.2, -0.15) is 0 Å². The van der Waals surface area contributed by atoms with E-state index in [-0.39, 0.29) is 35.8 Å². The first-order chi connectivity index (χ1) is 11.3. The highest BCUT2D eigenvalue weighted by Gasteiger charge is 2.53. The number of phenols is 1. The third-order valence-electron chi connectivity index (χ3n) is 4.95. The molecule has 0 fully saturated rings. The zero-order valence-electron chi connectivity index (χ0n) is 14.1. The Kier molecular flexibility index (Phi) is 3.68. The molecule has 0 aromatic heterocycles. The Morgan fingerprint density at radius 2 is 1.96 bits per heavy atom. The lowest BCUT2D eigenvalue weighted by molar-refractivity contribution is -0.113. The van der Waals surface area contributed by atoms with Gasteiger partial charge in [-0.25, -0.2) is 0 Å². The normalized spacial score (nSPS) is 25.5. The van der Waals surface area contributed by atoms with Gasteiger partial charge in [0.1, 0.15) is 11.9 Å². The number of hydrogen-bond donors (Lipinski definition) is 2. The summed E-state index contributed by atoms with van der Waals surface area (Å²) in [6.45, 7) is 6.84. The van der Waals surface area contributed by atoms with Gasteiger partial charge in [-0.1, -0.05) is 0 Å². The van der Waals surface area contributed by atoms with E-state index >= 15 is 0 Å². The van der Waals surface area contributed by atoms with Crippen LogP contribution in [0.15, 0.2) is 11.6 Å². The van der Waals surface area contributed by atoms with Gasteiger partial charge in [0.15, 0.2) is 11.5 Å². The van der Waals surface area contributed by atoms with Crippen molar-refractivity contribution in [3.63, 3.8) is 0 Å². The number of aliphatic hydroxyl groups is 1. The zero-order chi connectivity index (χ0) is 17.8. The maximum Gasteiger partial charge on any atom is 0.237 e. The Hall–Kier alpha value is -2.34. The van der Waals surface area contributed by atoms with Crippen molar-refractivity contribution in [2.24, 2.45) is 5.41 Å². The fraction of sp³-hybridized carbons (Fsp3) is 0.444. The van der Waals surface area contributed by atoms with Gasteiger partial charge in [-0.3, -0.25) is 9.59 Å². The van der Waals surface area contributed by atoms with Crippen molar-refractivity contribution >= 4 is 17.3 Å². The van der Waals surface area contributed by atoms with Crippen LogP contribution in [0.3, 0.4) is 0 Å². The SMILES string of the molecule is CCOc1c(O)cc(C)c2c1C(=O)C(=O)C1=C2O[C@H](C)[C@@]1(C)CO. The number of aromatic hydroxyl groups is 1. The van der Waals surface area contributed by atoms with Crippen LogP contribution >= 0.6 is 0 Å². The Labute approximate surface area is 139 Å². The largest absolute Gasteiger partial charge is 0.504 e. The molecular weight excluding hydrogens is 312 g/mol. The fourth-order valence-electron chi connectivity index (χ4n) is 3.39. The fourth-order valence-corrected chi connectivity index (χ4v) is 3.39. The molecule has 1 heterocycles. The van der Waals surface area contributed by atoms with E-state index in [2.05, 4.69) is 0 Å². The number of aliphatic hydroxyl groups excluding tert-OH is 1. The van der Waals surface area contributed by atoms with Gasteiger partial charge >= 0.3 is 0 Å². The Bertz CT molecular complexity index is 791. The number of Topliss-reactive ketones (excluding diaryl/α,β-unsaturated/α-hetero) is 2. The minimum absolute atomic E-state index is 0.00291. The van der Waals surface area contributed by atoms with Gasteiger partial charge in [0, 0.05) is 5.56 Å². The lowest BCUT2D eigenvalue weighted by Gasteiger charge is -2.27. The standard InChI is InChI=1S/C18H20O6/c1-5-23-16-10(20)6-8(2)11-12(16)14(21)15(22)13-17(11)24-9(3)18(13,4)7-19/h6,9,19-20H,5,7H2,1-4H3/t9-,18-/m1/s1.